The van der Waals surface area contributed by atoms with Crippen LogP contribution in [0.1, 0.15) is 27.2 Å². The molecule has 0 aromatic carbocycles. The lowest BCUT2D eigenvalue weighted by atomic mass is 9.78. The summed E-state index contributed by atoms with van der Waals surface area (Å²) in [5.41, 5.74) is 0. The predicted octanol–water partition coefficient (Wildman–Crippen LogP) is 1.21. The third kappa shape index (κ3) is 2.70. The number of carbonyl (C=O) groups is 2. The fraction of sp³-hybridized carbons (Fsp3) is 0.818. The Morgan fingerprint density at radius 1 is 1.40 bits per heavy atom. The standard InChI is InChI=1S/C11H19NO3/c1-7(2)10-6-12(8(3)13)5-4-9(10)11(14)15/h7,9-10H,4-6H2,1-3H3,(H,14,15). The molecule has 1 aliphatic heterocycles. The van der Waals surface area contributed by atoms with Crippen molar-refractivity contribution in [2.24, 2.45) is 17.8 Å². The fourth-order valence-corrected chi connectivity index (χ4v) is 2.25. The molecule has 86 valence electrons. The maximum atomic E-state index is 11.2. The van der Waals surface area contributed by atoms with Crippen LogP contribution in [0.2, 0.25) is 0 Å². The average Bonchev–Trinajstić information content (AvgIpc) is 2.16. The quantitative estimate of drug-likeness (QED) is 0.750. The van der Waals surface area contributed by atoms with E-state index in [4.69, 9.17) is 5.11 Å². The van der Waals surface area contributed by atoms with Gasteiger partial charge in [0.25, 0.3) is 0 Å². The van der Waals surface area contributed by atoms with E-state index < -0.39 is 5.97 Å². The first-order chi connectivity index (χ1) is 6.93. The highest BCUT2D eigenvalue weighted by molar-refractivity contribution is 5.74. The van der Waals surface area contributed by atoms with E-state index in [2.05, 4.69) is 0 Å². The third-order valence-corrected chi connectivity index (χ3v) is 3.28. The first-order valence-electron chi connectivity index (χ1n) is 5.41. The topological polar surface area (TPSA) is 57.6 Å². The van der Waals surface area contributed by atoms with Crippen molar-refractivity contribution in [3.05, 3.63) is 0 Å². The highest BCUT2D eigenvalue weighted by Crippen LogP contribution is 2.29. The van der Waals surface area contributed by atoms with Crippen molar-refractivity contribution in [3.63, 3.8) is 0 Å². The van der Waals surface area contributed by atoms with E-state index in [1.165, 1.54) is 0 Å². The molecule has 2 unspecified atom stereocenters. The van der Waals surface area contributed by atoms with Gasteiger partial charge in [-0.05, 0) is 18.3 Å². The van der Waals surface area contributed by atoms with Gasteiger partial charge >= 0.3 is 5.97 Å². The van der Waals surface area contributed by atoms with Crippen LogP contribution in [0.4, 0.5) is 0 Å². The summed E-state index contributed by atoms with van der Waals surface area (Å²) < 4.78 is 0. The van der Waals surface area contributed by atoms with Crippen LogP contribution in [0.3, 0.4) is 0 Å². The van der Waals surface area contributed by atoms with Crippen molar-refractivity contribution >= 4 is 11.9 Å². The van der Waals surface area contributed by atoms with Gasteiger partial charge in [0.2, 0.25) is 5.91 Å². The largest absolute Gasteiger partial charge is 0.481 e. The molecule has 0 bridgehead atoms. The molecule has 1 rings (SSSR count). The summed E-state index contributed by atoms with van der Waals surface area (Å²) in [7, 11) is 0. The van der Waals surface area contributed by atoms with Gasteiger partial charge in [-0.2, -0.15) is 0 Å². The molecule has 0 aromatic rings. The Morgan fingerprint density at radius 3 is 2.40 bits per heavy atom. The lowest BCUT2D eigenvalue weighted by Gasteiger charge is -2.38. The van der Waals surface area contributed by atoms with Crippen molar-refractivity contribution < 1.29 is 14.7 Å². The van der Waals surface area contributed by atoms with Crippen LogP contribution >= 0.6 is 0 Å². The van der Waals surface area contributed by atoms with Crippen molar-refractivity contribution in [1.82, 2.24) is 4.90 Å². The Hall–Kier alpha value is -1.06. The van der Waals surface area contributed by atoms with Gasteiger partial charge < -0.3 is 10.0 Å². The molecule has 2 atom stereocenters. The number of aliphatic carboxylic acids is 1. The molecule has 1 N–H and O–H groups in total. The second kappa shape index (κ2) is 4.64. The Kier molecular flexibility index (Phi) is 3.72. The lowest BCUT2D eigenvalue weighted by molar-refractivity contribution is -0.149. The molecule has 1 saturated heterocycles. The van der Waals surface area contributed by atoms with Gasteiger partial charge in [-0.25, -0.2) is 0 Å². The van der Waals surface area contributed by atoms with Crippen LogP contribution in [-0.2, 0) is 9.59 Å². The second-order valence-corrected chi connectivity index (χ2v) is 4.61. The number of piperidine rings is 1. The third-order valence-electron chi connectivity index (χ3n) is 3.28. The molecule has 0 aromatic heterocycles. The highest BCUT2D eigenvalue weighted by Gasteiger charge is 2.36. The molecule has 1 fully saturated rings. The van der Waals surface area contributed by atoms with Crippen LogP contribution < -0.4 is 0 Å². The lowest BCUT2D eigenvalue weighted by Crippen LogP contribution is -2.46. The Balaban J connectivity index is 2.73. The Morgan fingerprint density at radius 2 is 2.00 bits per heavy atom. The zero-order valence-corrected chi connectivity index (χ0v) is 9.56. The summed E-state index contributed by atoms with van der Waals surface area (Å²) in [5.74, 6) is -0.588. The molecule has 0 spiro atoms. The van der Waals surface area contributed by atoms with Crippen molar-refractivity contribution in [2.75, 3.05) is 13.1 Å². The molecular formula is C11H19NO3. The number of hydrogen-bond donors (Lipinski definition) is 1. The van der Waals surface area contributed by atoms with Crippen molar-refractivity contribution in [3.8, 4) is 0 Å². The zero-order valence-electron chi connectivity index (χ0n) is 9.56. The van der Waals surface area contributed by atoms with Crippen LogP contribution in [0.25, 0.3) is 0 Å². The highest BCUT2D eigenvalue weighted by atomic mass is 16.4. The van der Waals surface area contributed by atoms with E-state index in [0.29, 0.717) is 25.4 Å². The normalized spacial score (nSPS) is 26.8. The Labute approximate surface area is 90.3 Å². The number of rotatable bonds is 2. The minimum absolute atomic E-state index is 0.0458. The molecule has 1 amide bonds. The molecule has 15 heavy (non-hydrogen) atoms. The molecule has 0 saturated carbocycles. The first kappa shape index (κ1) is 12.0. The number of hydrogen-bond acceptors (Lipinski definition) is 2. The maximum Gasteiger partial charge on any atom is 0.306 e. The van der Waals surface area contributed by atoms with E-state index in [1.807, 2.05) is 13.8 Å². The van der Waals surface area contributed by atoms with Crippen LogP contribution in [0.15, 0.2) is 0 Å². The molecule has 4 nitrogen and oxygen atoms in total. The summed E-state index contributed by atoms with van der Waals surface area (Å²) >= 11 is 0. The van der Waals surface area contributed by atoms with E-state index >= 15 is 0 Å². The molecular weight excluding hydrogens is 194 g/mol. The van der Waals surface area contributed by atoms with Gasteiger partial charge in [-0.3, -0.25) is 9.59 Å². The second-order valence-electron chi connectivity index (χ2n) is 4.61. The smallest absolute Gasteiger partial charge is 0.306 e. The number of carboxylic acid groups (broad SMARTS) is 1. The fourth-order valence-electron chi connectivity index (χ4n) is 2.25. The first-order valence-corrected chi connectivity index (χ1v) is 5.41. The number of carbonyl (C=O) groups excluding carboxylic acids is 1. The van der Waals surface area contributed by atoms with Gasteiger partial charge in [0.15, 0.2) is 0 Å². The Bertz CT molecular complexity index is 263. The summed E-state index contributed by atoms with van der Waals surface area (Å²) in [6, 6.07) is 0. The summed E-state index contributed by atoms with van der Waals surface area (Å²) in [6.07, 6.45) is 0.581. The van der Waals surface area contributed by atoms with Gasteiger partial charge in [0.05, 0.1) is 5.92 Å². The maximum absolute atomic E-state index is 11.2. The molecule has 0 radical (unpaired) electrons. The number of nitrogens with zero attached hydrogens (tertiary/aromatic N) is 1. The number of carboxylic acids is 1. The minimum Gasteiger partial charge on any atom is -0.481 e. The van der Waals surface area contributed by atoms with Crippen molar-refractivity contribution in [2.45, 2.75) is 27.2 Å². The minimum atomic E-state index is -0.725. The van der Waals surface area contributed by atoms with Gasteiger partial charge in [-0.15, -0.1) is 0 Å². The molecule has 1 aliphatic rings. The SMILES string of the molecule is CC(=O)N1CCC(C(=O)O)C(C(C)C)C1. The molecule has 0 aliphatic carbocycles. The van der Waals surface area contributed by atoms with E-state index in [1.54, 1.807) is 11.8 Å². The summed E-state index contributed by atoms with van der Waals surface area (Å²) in [5, 5.41) is 9.08. The van der Waals surface area contributed by atoms with Crippen molar-refractivity contribution in [1.29, 1.82) is 0 Å². The monoisotopic (exact) mass is 213 g/mol. The molecule has 1 heterocycles. The van der Waals surface area contributed by atoms with E-state index in [-0.39, 0.29) is 17.7 Å². The summed E-state index contributed by atoms with van der Waals surface area (Å²) in [4.78, 5) is 24.0. The van der Waals surface area contributed by atoms with Gasteiger partial charge in [-0.1, -0.05) is 13.8 Å². The molecule has 4 heteroatoms. The van der Waals surface area contributed by atoms with E-state index in [0.717, 1.165) is 0 Å². The predicted molar refractivity (Wildman–Crippen MR) is 56.3 cm³/mol. The van der Waals surface area contributed by atoms with Gasteiger partial charge in [0, 0.05) is 20.0 Å². The van der Waals surface area contributed by atoms with Crippen LogP contribution in [-0.4, -0.2) is 35.0 Å². The van der Waals surface area contributed by atoms with Crippen LogP contribution in [0.5, 0.6) is 0 Å². The van der Waals surface area contributed by atoms with E-state index in [9.17, 15) is 9.59 Å². The van der Waals surface area contributed by atoms with Gasteiger partial charge in [0.1, 0.15) is 0 Å². The summed E-state index contributed by atoms with van der Waals surface area (Å²) in [6.45, 7) is 6.74. The number of amides is 1. The van der Waals surface area contributed by atoms with Crippen LogP contribution in [0, 0.1) is 17.8 Å². The average molecular weight is 213 g/mol. The number of likely N-dealkylation sites (tertiary alicyclic amines) is 1. The zero-order chi connectivity index (χ0) is 11.6.